The molecule has 3 heterocycles. The van der Waals surface area contributed by atoms with Crippen LogP contribution >= 0.6 is 11.3 Å². The highest BCUT2D eigenvalue weighted by molar-refractivity contribution is 7.89. The zero-order valence-electron chi connectivity index (χ0n) is 21.9. The Kier molecular flexibility index (Phi) is 7.61. The number of anilines is 1. The number of fused-ring (bicyclic) bond motifs is 1. The van der Waals surface area contributed by atoms with Gasteiger partial charge in [-0.1, -0.05) is 50.3 Å². The molecule has 0 saturated carbocycles. The van der Waals surface area contributed by atoms with Gasteiger partial charge in [-0.05, 0) is 72.7 Å². The van der Waals surface area contributed by atoms with Gasteiger partial charge in [-0.3, -0.25) is 14.7 Å². The summed E-state index contributed by atoms with van der Waals surface area (Å²) in [7, 11) is -3.59. The summed E-state index contributed by atoms with van der Waals surface area (Å²) in [5.74, 6) is 0.577. The number of sulfonamides is 1. The summed E-state index contributed by atoms with van der Waals surface area (Å²) in [5, 5.41) is 0.586. The lowest BCUT2D eigenvalue weighted by Gasteiger charge is -2.29. The molecule has 0 spiro atoms. The van der Waals surface area contributed by atoms with Gasteiger partial charge in [0, 0.05) is 24.8 Å². The number of carbonyl (C=O) groups is 1. The van der Waals surface area contributed by atoms with Crippen molar-refractivity contribution in [2.24, 2.45) is 5.92 Å². The van der Waals surface area contributed by atoms with E-state index in [4.69, 9.17) is 4.98 Å². The maximum atomic E-state index is 13.8. The van der Waals surface area contributed by atoms with Crippen molar-refractivity contribution in [3.63, 3.8) is 0 Å². The molecule has 0 unspecified atom stereocenters. The molecule has 2 aromatic heterocycles. The number of carbonyl (C=O) groups excluding carboxylic acids is 1. The van der Waals surface area contributed by atoms with E-state index in [9.17, 15) is 13.2 Å². The van der Waals surface area contributed by atoms with Gasteiger partial charge in [-0.25, -0.2) is 13.4 Å². The van der Waals surface area contributed by atoms with Gasteiger partial charge in [-0.2, -0.15) is 4.31 Å². The van der Waals surface area contributed by atoms with Crippen LogP contribution in [0, 0.1) is 5.92 Å². The number of pyridine rings is 1. The van der Waals surface area contributed by atoms with E-state index in [0.717, 1.165) is 34.3 Å². The number of para-hydroxylation sites is 1. The Bertz CT molecular complexity index is 1530. The predicted octanol–water partition coefficient (Wildman–Crippen LogP) is 6.08. The molecule has 9 heteroatoms. The smallest absolute Gasteiger partial charge is 0.260 e. The van der Waals surface area contributed by atoms with Crippen molar-refractivity contribution in [3.8, 4) is 0 Å². The molecule has 1 amide bonds. The van der Waals surface area contributed by atoms with E-state index in [1.54, 1.807) is 27.5 Å². The second-order valence-electron chi connectivity index (χ2n) is 10.2. The molecule has 5 rings (SSSR count). The molecular formula is C29H32N4O3S2. The molecule has 1 aliphatic rings. The van der Waals surface area contributed by atoms with Crippen LogP contribution in [0.15, 0.2) is 71.8 Å². The third kappa shape index (κ3) is 5.36. The van der Waals surface area contributed by atoms with Crippen LogP contribution in [0.3, 0.4) is 0 Å². The van der Waals surface area contributed by atoms with Crippen LogP contribution < -0.4 is 4.90 Å². The van der Waals surface area contributed by atoms with E-state index in [2.05, 4.69) is 31.8 Å². The molecule has 1 saturated heterocycles. The van der Waals surface area contributed by atoms with Gasteiger partial charge in [0.25, 0.3) is 5.91 Å². The van der Waals surface area contributed by atoms with Crippen LogP contribution in [0.1, 0.15) is 61.1 Å². The fourth-order valence-electron chi connectivity index (χ4n) is 4.72. The van der Waals surface area contributed by atoms with Gasteiger partial charge in [0.1, 0.15) is 0 Å². The molecule has 4 aromatic rings. The van der Waals surface area contributed by atoms with Crippen molar-refractivity contribution in [2.75, 3.05) is 18.0 Å². The van der Waals surface area contributed by atoms with Crippen molar-refractivity contribution in [1.29, 1.82) is 0 Å². The first-order valence-corrected chi connectivity index (χ1v) is 15.2. The molecule has 0 bridgehead atoms. The van der Waals surface area contributed by atoms with Crippen molar-refractivity contribution in [2.45, 2.75) is 51.0 Å². The number of aromatic nitrogens is 2. The summed E-state index contributed by atoms with van der Waals surface area (Å²) in [4.78, 5) is 25.0. The summed E-state index contributed by atoms with van der Waals surface area (Å²) in [6.07, 6.45) is 3.42. The highest BCUT2D eigenvalue weighted by atomic mass is 32.2. The Labute approximate surface area is 228 Å². The molecule has 1 aliphatic heterocycles. The average Bonchev–Trinajstić information content (AvgIpc) is 3.36. The number of piperidine rings is 1. The standard InChI is InChI=1S/C29H32N4O3S2/c1-20(2)25-8-6-9-26-27(25)31-29(37-26)33(19-23-7-4-5-16-30-23)28(34)22-10-12-24(13-11-22)38(35,36)32-17-14-21(3)15-18-32/h4-13,16,20-21H,14-15,17-19H2,1-3H3. The van der Waals surface area contributed by atoms with Gasteiger partial charge in [0.2, 0.25) is 10.0 Å². The van der Waals surface area contributed by atoms with Crippen molar-refractivity contribution in [3.05, 3.63) is 83.7 Å². The lowest BCUT2D eigenvalue weighted by Crippen LogP contribution is -2.37. The monoisotopic (exact) mass is 548 g/mol. The summed E-state index contributed by atoms with van der Waals surface area (Å²) < 4.78 is 28.9. The molecule has 7 nitrogen and oxygen atoms in total. The Morgan fingerprint density at radius 2 is 1.79 bits per heavy atom. The van der Waals surface area contributed by atoms with Gasteiger partial charge < -0.3 is 0 Å². The summed E-state index contributed by atoms with van der Waals surface area (Å²) in [5.41, 5.74) is 3.17. The van der Waals surface area contributed by atoms with E-state index in [-0.39, 0.29) is 17.3 Å². The minimum absolute atomic E-state index is 0.210. The van der Waals surface area contributed by atoms with E-state index in [1.807, 2.05) is 30.3 Å². The van der Waals surface area contributed by atoms with Crippen LogP contribution in [0.2, 0.25) is 0 Å². The molecule has 0 aliphatic carbocycles. The highest BCUT2D eigenvalue weighted by Crippen LogP contribution is 2.35. The number of benzene rings is 2. The third-order valence-corrected chi connectivity index (χ3v) is 10.0. The second kappa shape index (κ2) is 10.9. The Morgan fingerprint density at radius 3 is 2.45 bits per heavy atom. The fourth-order valence-corrected chi connectivity index (χ4v) is 7.19. The zero-order chi connectivity index (χ0) is 26.9. The van der Waals surface area contributed by atoms with E-state index >= 15 is 0 Å². The molecule has 2 aromatic carbocycles. The van der Waals surface area contributed by atoms with Gasteiger partial charge in [-0.15, -0.1) is 0 Å². The Balaban J connectivity index is 1.47. The number of thiazole rings is 1. The third-order valence-electron chi connectivity index (χ3n) is 7.06. The molecule has 198 valence electrons. The molecule has 0 atom stereocenters. The highest BCUT2D eigenvalue weighted by Gasteiger charge is 2.29. The molecule has 38 heavy (non-hydrogen) atoms. The average molecular weight is 549 g/mol. The molecule has 0 N–H and O–H groups in total. The summed E-state index contributed by atoms with van der Waals surface area (Å²) >= 11 is 1.47. The van der Waals surface area contributed by atoms with Crippen LogP contribution in [-0.2, 0) is 16.6 Å². The lowest BCUT2D eigenvalue weighted by molar-refractivity contribution is 0.0984. The predicted molar refractivity (Wildman–Crippen MR) is 152 cm³/mol. The maximum Gasteiger partial charge on any atom is 0.260 e. The van der Waals surface area contributed by atoms with Crippen LogP contribution in [0.5, 0.6) is 0 Å². The van der Waals surface area contributed by atoms with Crippen molar-refractivity contribution < 1.29 is 13.2 Å². The normalized spacial score (nSPS) is 15.3. The molecular weight excluding hydrogens is 516 g/mol. The van der Waals surface area contributed by atoms with Crippen molar-refractivity contribution in [1.82, 2.24) is 14.3 Å². The number of hydrogen-bond donors (Lipinski definition) is 0. The first-order valence-electron chi connectivity index (χ1n) is 13.0. The maximum absolute atomic E-state index is 13.8. The van der Waals surface area contributed by atoms with Gasteiger partial charge in [0.05, 0.1) is 27.4 Å². The largest absolute Gasteiger partial charge is 0.278 e. The quantitative estimate of drug-likeness (QED) is 0.279. The first kappa shape index (κ1) is 26.5. The zero-order valence-corrected chi connectivity index (χ0v) is 23.5. The Morgan fingerprint density at radius 1 is 1.05 bits per heavy atom. The van der Waals surface area contributed by atoms with Crippen LogP contribution in [0.4, 0.5) is 5.13 Å². The number of rotatable bonds is 7. The summed E-state index contributed by atoms with van der Waals surface area (Å²) in [6, 6.07) is 18.0. The number of nitrogens with zero attached hydrogens (tertiary/aromatic N) is 4. The molecule has 1 fully saturated rings. The van der Waals surface area contributed by atoms with Gasteiger partial charge in [0.15, 0.2) is 5.13 Å². The van der Waals surface area contributed by atoms with Gasteiger partial charge >= 0.3 is 0 Å². The second-order valence-corrected chi connectivity index (χ2v) is 13.1. The van der Waals surface area contributed by atoms with Crippen molar-refractivity contribution >= 4 is 42.6 Å². The van der Waals surface area contributed by atoms with E-state index in [1.165, 1.54) is 23.5 Å². The van der Waals surface area contributed by atoms with Crippen LogP contribution in [0.25, 0.3) is 10.2 Å². The number of hydrogen-bond acceptors (Lipinski definition) is 6. The van der Waals surface area contributed by atoms with E-state index in [0.29, 0.717) is 35.6 Å². The SMILES string of the molecule is CC1CCN(S(=O)(=O)c2ccc(C(=O)N(Cc3ccccn3)c3nc4c(C(C)C)cccc4s3)cc2)CC1. The van der Waals surface area contributed by atoms with Crippen LogP contribution in [-0.4, -0.2) is 41.7 Å². The minimum Gasteiger partial charge on any atom is -0.278 e. The topological polar surface area (TPSA) is 83.5 Å². The lowest BCUT2D eigenvalue weighted by atomic mass is 10.0. The fraction of sp³-hybridized carbons (Fsp3) is 0.345. The summed E-state index contributed by atoms with van der Waals surface area (Å²) in [6.45, 7) is 7.71. The van der Waals surface area contributed by atoms with E-state index < -0.39 is 10.0 Å². The Hall–Kier alpha value is -3.14. The molecule has 0 radical (unpaired) electrons. The minimum atomic E-state index is -3.59. The number of amides is 1. The first-order chi connectivity index (χ1) is 18.2.